The van der Waals surface area contributed by atoms with Crippen molar-refractivity contribution in [3.05, 3.63) is 69.3 Å². The molecule has 3 rings (SSSR count). The van der Waals surface area contributed by atoms with E-state index in [1.807, 2.05) is 6.07 Å². The maximum atomic E-state index is 12.6. The van der Waals surface area contributed by atoms with Gasteiger partial charge in [0.25, 0.3) is 11.6 Å². The SMILES string of the molecule is N#Cc1cccc(C(=O)N2CCc3cc([N+](=O)[O-])ccc32)c1. The van der Waals surface area contributed by atoms with Crippen LogP contribution in [0.4, 0.5) is 11.4 Å². The van der Waals surface area contributed by atoms with Crippen LogP contribution in [-0.4, -0.2) is 17.4 Å². The van der Waals surface area contributed by atoms with Crippen molar-refractivity contribution in [3.8, 4) is 6.07 Å². The zero-order valence-corrected chi connectivity index (χ0v) is 11.5. The molecule has 0 fully saturated rings. The standard InChI is InChI=1S/C16H11N3O3/c17-10-11-2-1-3-13(8-11)16(20)18-7-6-12-9-14(19(21)22)4-5-15(12)18/h1-5,8-9H,6-7H2. The zero-order valence-electron chi connectivity index (χ0n) is 11.5. The lowest BCUT2D eigenvalue weighted by atomic mass is 10.1. The Morgan fingerprint density at radius 2 is 2.09 bits per heavy atom. The number of anilines is 1. The van der Waals surface area contributed by atoms with Crippen molar-refractivity contribution in [2.75, 3.05) is 11.4 Å². The first kappa shape index (κ1) is 13.8. The van der Waals surface area contributed by atoms with Crippen molar-refractivity contribution in [1.82, 2.24) is 0 Å². The second kappa shape index (κ2) is 5.30. The van der Waals surface area contributed by atoms with Crippen LogP contribution in [0.1, 0.15) is 21.5 Å². The van der Waals surface area contributed by atoms with Crippen molar-refractivity contribution in [2.24, 2.45) is 0 Å². The number of fused-ring (bicyclic) bond motifs is 1. The molecule has 0 saturated heterocycles. The summed E-state index contributed by atoms with van der Waals surface area (Å²) in [5.41, 5.74) is 2.37. The van der Waals surface area contributed by atoms with Gasteiger partial charge in [0.05, 0.1) is 16.6 Å². The van der Waals surface area contributed by atoms with Crippen molar-refractivity contribution in [2.45, 2.75) is 6.42 Å². The number of carbonyl (C=O) groups excluding carboxylic acids is 1. The van der Waals surface area contributed by atoms with Crippen LogP contribution in [0.3, 0.4) is 0 Å². The van der Waals surface area contributed by atoms with Gasteiger partial charge in [-0.2, -0.15) is 5.26 Å². The summed E-state index contributed by atoms with van der Waals surface area (Å²) < 4.78 is 0. The number of hydrogen-bond acceptors (Lipinski definition) is 4. The van der Waals surface area contributed by atoms with Gasteiger partial charge >= 0.3 is 0 Å². The molecule has 0 radical (unpaired) electrons. The highest BCUT2D eigenvalue weighted by molar-refractivity contribution is 6.07. The van der Waals surface area contributed by atoms with Gasteiger partial charge in [0.2, 0.25) is 0 Å². The van der Waals surface area contributed by atoms with E-state index in [1.54, 1.807) is 35.2 Å². The molecule has 1 aliphatic heterocycles. The molecule has 6 nitrogen and oxygen atoms in total. The highest BCUT2D eigenvalue weighted by atomic mass is 16.6. The molecule has 0 aromatic heterocycles. The van der Waals surface area contributed by atoms with Crippen molar-refractivity contribution in [1.29, 1.82) is 5.26 Å². The van der Waals surface area contributed by atoms with Gasteiger partial charge < -0.3 is 4.90 Å². The van der Waals surface area contributed by atoms with Gasteiger partial charge in [-0.15, -0.1) is 0 Å². The van der Waals surface area contributed by atoms with Gasteiger partial charge in [-0.05, 0) is 36.2 Å². The fraction of sp³-hybridized carbons (Fsp3) is 0.125. The largest absolute Gasteiger partial charge is 0.308 e. The summed E-state index contributed by atoms with van der Waals surface area (Å²) in [5, 5.41) is 19.7. The third kappa shape index (κ3) is 2.29. The second-order valence-electron chi connectivity index (χ2n) is 4.97. The molecule has 2 aromatic rings. The first-order valence-corrected chi connectivity index (χ1v) is 6.69. The lowest BCUT2D eigenvalue weighted by Gasteiger charge is -2.17. The van der Waals surface area contributed by atoms with Crippen molar-refractivity contribution < 1.29 is 9.72 Å². The first-order valence-electron chi connectivity index (χ1n) is 6.69. The number of amides is 1. The van der Waals surface area contributed by atoms with Gasteiger partial charge in [0.1, 0.15) is 0 Å². The lowest BCUT2D eigenvalue weighted by Crippen LogP contribution is -2.28. The summed E-state index contributed by atoms with van der Waals surface area (Å²) in [4.78, 5) is 24.5. The van der Waals surface area contributed by atoms with Crippen LogP contribution >= 0.6 is 0 Å². The number of nitro groups is 1. The summed E-state index contributed by atoms with van der Waals surface area (Å²) in [6, 6.07) is 13.0. The van der Waals surface area contributed by atoms with E-state index in [4.69, 9.17) is 5.26 Å². The number of hydrogen-bond donors (Lipinski definition) is 0. The molecule has 108 valence electrons. The quantitative estimate of drug-likeness (QED) is 0.629. The number of rotatable bonds is 2. The Hall–Kier alpha value is -3.20. The molecule has 0 unspecified atom stereocenters. The van der Waals surface area contributed by atoms with Gasteiger partial charge in [-0.1, -0.05) is 6.07 Å². The molecule has 0 aliphatic carbocycles. The Morgan fingerprint density at radius 1 is 1.27 bits per heavy atom. The number of nitrogens with zero attached hydrogens (tertiary/aromatic N) is 3. The average Bonchev–Trinajstić information content (AvgIpc) is 2.97. The molecule has 0 saturated carbocycles. The molecular weight excluding hydrogens is 282 g/mol. The Bertz CT molecular complexity index is 824. The van der Waals surface area contributed by atoms with E-state index in [0.29, 0.717) is 29.8 Å². The summed E-state index contributed by atoms with van der Waals surface area (Å²) in [6.07, 6.45) is 0.584. The Labute approximate surface area is 126 Å². The van der Waals surface area contributed by atoms with E-state index in [1.165, 1.54) is 12.1 Å². The number of nitriles is 1. The van der Waals surface area contributed by atoms with Crippen LogP contribution in [0.2, 0.25) is 0 Å². The number of nitro benzene ring substituents is 1. The Morgan fingerprint density at radius 3 is 2.82 bits per heavy atom. The molecule has 1 aliphatic rings. The van der Waals surface area contributed by atoms with Crippen LogP contribution in [-0.2, 0) is 6.42 Å². The van der Waals surface area contributed by atoms with Crippen LogP contribution < -0.4 is 4.90 Å². The average molecular weight is 293 g/mol. The third-order valence-corrected chi connectivity index (χ3v) is 3.65. The molecule has 2 aromatic carbocycles. The summed E-state index contributed by atoms with van der Waals surface area (Å²) in [5.74, 6) is -0.204. The summed E-state index contributed by atoms with van der Waals surface area (Å²) in [6.45, 7) is 0.478. The summed E-state index contributed by atoms with van der Waals surface area (Å²) in [7, 11) is 0. The number of non-ortho nitro benzene ring substituents is 1. The van der Waals surface area contributed by atoms with Gasteiger partial charge in [-0.3, -0.25) is 14.9 Å². The first-order chi connectivity index (χ1) is 10.6. The molecule has 6 heteroatoms. The van der Waals surface area contributed by atoms with Crippen LogP contribution in [0.25, 0.3) is 0 Å². The zero-order chi connectivity index (χ0) is 15.7. The monoisotopic (exact) mass is 293 g/mol. The number of benzene rings is 2. The molecule has 0 atom stereocenters. The third-order valence-electron chi connectivity index (χ3n) is 3.65. The highest BCUT2D eigenvalue weighted by Crippen LogP contribution is 2.32. The predicted octanol–water partition coefficient (Wildman–Crippen LogP) is 2.67. The van der Waals surface area contributed by atoms with Gasteiger partial charge in [-0.25, -0.2) is 0 Å². The van der Waals surface area contributed by atoms with Crippen LogP contribution in [0.15, 0.2) is 42.5 Å². The highest BCUT2D eigenvalue weighted by Gasteiger charge is 2.27. The normalized spacial score (nSPS) is 12.6. The molecule has 22 heavy (non-hydrogen) atoms. The maximum Gasteiger partial charge on any atom is 0.269 e. The topological polar surface area (TPSA) is 87.2 Å². The fourth-order valence-electron chi connectivity index (χ4n) is 2.59. The minimum Gasteiger partial charge on any atom is -0.308 e. The Kier molecular flexibility index (Phi) is 3.31. The van der Waals surface area contributed by atoms with E-state index in [2.05, 4.69) is 0 Å². The van der Waals surface area contributed by atoms with Gasteiger partial charge in [0, 0.05) is 29.9 Å². The van der Waals surface area contributed by atoms with E-state index >= 15 is 0 Å². The number of carbonyl (C=O) groups is 1. The van der Waals surface area contributed by atoms with E-state index in [9.17, 15) is 14.9 Å². The smallest absolute Gasteiger partial charge is 0.269 e. The second-order valence-corrected chi connectivity index (χ2v) is 4.97. The van der Waals surface area contributed by atoms with Crippen molar-refractivity contribution >= 4 is 17.3 Å². The maximum absolute atomic E-state index is 12.6. The molecule has 0 N–H and O–H groups in total. The minimum absolute atomic E-state index is 0.0273. The van der Waals surface area contributed by atoms with Crippen LogP contribution in [0.5, 0.6) is 0 Å². The molecule has 0 spiro atoms. The van der Waals surface area contributed by atoms with Crippen molar-refractivity contribution in [3.63, 3.8) is 0 Å². The fourth-order valence-corrected chi connectivity index (χ4v) is 2.59. The van der Waals surface area contributed by atoms with E-state index < -0.39 is 4.92 Å². The van der Waals surface area contributed by atoms with E-state index in [0.717, 1.165) is 5.56 Å². The Balaban J connectivity index is 1.94. The van der Waals surface area contributed by atoms with Gasteiger partial charge in [0.15, 0.2) is 0 Å². The summed E-state index contributed by atoms with van der Waals surface area (Å²) >= 11 is 0. The lowest BCUT2D eigenvalue weighted by molar-refractivity contribution is -0.384. The van der Waals surface area contributed by atoms with Crippen LogP contribution in [0, 0.1) is 21.4 Å². The molecule has 0 bridgehead atoms. The molecular formula is C16H11N3O3. The molecule has 1 heterocycles. The minimum atomic E-state index is -0.443. The molecule has 1 amide bonds. The predicted molar refractivity (Wildman–Crippen MR) is 79.6 cm³/mol. The van der Waals surface area contributed by atoms with E-state index in [-0.39, 0.29) is 11.6 Å².